The molecular formula is C18H18Cl2N2O2S. The van der Waals surface area contributed by atoms with E-state index >= 15 is 0 Å². The number of hydrogen-bond donors (Lipinski definition) is 1. The lowest BCUT2D eigenvalue weighted by atomic mass is 10.2. The van der Waals surface area contributed by atoms with Gasteiger partial charge in [-0.15, -0.1) is 11.8 Å². The molecule has 1 aliphatic rings. The summed E-state index contributed by atoms with van der Waals surface area (Å²) in [7, 11) is 0. The Morgan fingerprint density at radius 3 is 2.72 bits per heavy atom. The number of benzene rings is 2. The van der Waals surface area contributed by atoms with Crippen LogP contribution in [0, 0.1) is 0 Å². The summed E-state index contributed by atoms with van der Waals surface area (Å²) in [6, 6.07) is 13.1. The van der Waals surface area contributed by atoms with Crippen molar-refractivity contribution >= 4 is 52.2 Å². The van der Waals surface area contributed by atoms with Crippen molar-refractivity contribution < 1.29 is 9.53 Å². The van der Waals surface area contributed by atoms with Crippen molar-refractivity contribution in [2.24, 2.45) is 0 Å². The van der Waals surface area contributed by atoms with Gasteiger partial charge in [-0.2, -0.15) is 0 Å². The van der Waals surface area contributed by atoms with E-state index in [1.54, 1.807) is 18.2 Å². The first-order chi connectivity index (χ1) is 12.1. The monoisotopic (exact) mass is 396 g/mol. The first-order valence-corrected chi connectivity index (χ1v) is 9.67. The predicted molar refractivity (Wildman–Crippen MR) is 105 cm³/mol. The van der Waals surface area contributed by atoms with Crippen molar-refractivity contribution in [3.8, 4) is 0 Å². The summed E-state index contributed by atoms with van der Waals surface area (Å²) in [5.74, 6) is 0.180. The van der Waals surface area contributed by atoms with Crippen LogP contribution >= 0.6 is 35.0 Å². The van der Waals surface area contributed by atoms with E-state index in [2.05, 4.69) is 10.2 Å². The van der Waals surface area contributed by atoms with Crippen LogP contribution in [0.1, 0.15) is 0 Å². The maximum absolute atomic E-state index is 12.4. The summed E-state index contributed by atoms with van der Waals surface area (Å²) in [6.45, 7) is 3.04. The zero-order valence-electron chi connectivity index (χ0n) is 13.5. The summed E-state index contributed by atoms with van der Waals surface area (Å²) < 4.78 is 5.39. The number of thioether (sulfide) groups is 1. The smallest absolute Gasteiger partial charge is 0.234 e. The van der Waals surface area contributed by atoms with Crippen LogP contribution in [0.25, 0.3) is 0 Å². The predicted octanol–water partition coefficient (Wildman–Crippen LogP) is 4.56. The molecule has 1 fully saturated rings. The Bertz CT molecular complexity index is 752. The molecule has 1 saturated heterocycles. The molecule has 2 aromatic carbocycles. The fourth-order valence-electron chi connectivity index (χ4n) is 2.58. The lowest BCUT2D eigenvalue weighted by molar-refractivity contribution is -0.113. The minimum absolute atomic E-state index is 0.0817. The minimum Gasteiger partial charge on any atom is -0.378 e. The molecule has 0 atom stereocenters. The number of carbonyl (C=O) groups is 1. The van der Waals surface area contributed by atoms with Gasteiger partial charge in [0, 0.05) is 23.0 Å². The number of rotatable bonds is 5. The molecule has 2 aromatic rings. The lowest BCUT2D eigenvalue weighted by Crippen LogP contribution is -2.36. The highest BCUT2D eigenvalue weighted by Crippen LogP contribution is 2.31. The van der Waals surface area contributed by atoms with Crippen LogP contribution in [0.2, 0.25) is 10.0 Å². The molecule has 0 aromatic heterocycles. The number of carbonyl (C=O) groups excluding carboxylic acids is 1. The Morgan fingerprint density at radius 1 is 1.16 bits per heavy atom. The summed E-state index contributed by atoms with van der Waals surface area (Å²) in [5.41, 5.74) is 1.83. The van der Waals surface area contributed by atoms with Crippen LogP contribution < -0.4 is 10.2 Å². The molecule has 1 N–H and O–H groups in total. The van der Waals surface area contributed by atoms with Gasteiger partial charge in [0.05, 0.1) is 35.4 Å². The van der Waals surface area contributed by atoms with Crippen molar-refractivity contribution in [1.29, 1.82) is 0 Å². The van der Waals surface area contributed by atoms with Gasteiger partial charge in [0.1, 0.15) is 0 Å². The van der Waals surface area contributed by atoms with Crippen molar-refractivity contribution in [2.75, 3.05) is 42.3 Å². The topological polar surface area (TPSA) is 41.6 Å². The molecule has 132 valence electrons. The van der Waals surface area contributed by atoms with Crippen LogP contribution in [0.3, 0.4) is 0 Å². The maximum atomic E-state index is 12.4. The lowest BCUT2D eigenvalue weighted by Gasteiger charge is -2.30. The SMILES string of the molecule is O=C(CSc1cc(Cl)ccc1Cl)Nc1ccccc1N1CCOCC1. The van der Waals surface area contributed by atoms with Gasteiger partial charge in [-0.3, -0.25) is 4.79 Å². The molecule has 3 rings (SSSR count). The average Bonchev–Trinajstić information content (AvgIpc) is 2.64. The van der Waals surface area contributed by atoms with Crippen LogP contribution in [-0.4, -0.2) is 38.0 Å². The highest BCUT2D eigenvalue weighted by Gasteiger charge is 2.16. The van der Waals surface area contributed by atoms with Crippen LogP contribution in [0.4, 0.5) is 11.4 Å². The molecule has 0 saturated carbocycles. The van der Waals surface area contributed by atoms with Gasteiger partial charge in [0.25, 0.3) is 0 Å². The summed E-state index contributed by atoms with van der Waals surface area (Å²) >= 11 is 13.5. The van der Waals surface area contributed by atoms with Gasteiger partial charge in [-0.25, -0.2) is 0 Å². The van der Waals surface area contributed by atoms with E-state index in [4.69, 9.17) is 27.9 Å². The van der Waals surface area contributed by atoms with Crippen LogP contribution in [0.5, 0.6) is 0 Å². The second-order valence-electron chi connectivity index (χ2n) is 5.53. The van der Waals surface area contributed by atoms with Gasteiger partial charge in [-0.05, 0) is 30.3 Å². The fraction of sp³-hybridized carbons (Fsp3) is 0.278. The van der Waals surface area contributed by atoms with Gasteiger partial charge >= 0.3 is 0 Å². The first-order valence-electron chi connectivity index (χ1n) is 7.93. The Kier molecular flexibility index (Phi) is 6.48. The molecule has 0 spiro atoms. The van der Waals surface area contributed by atoms with E-state index in [-0.39, 0.29) is 11.7 Å². The third-order valence-electron chi connectivity index (χ3n) is 3.78. The van der Waals surface area contributed by atoms with Gasteiger partial charge in [0.2, 0.25) is 5.91 Å². The zero-order chi connectivity index (χ0) is 17.6. The molecule has 25 heavy (non-hydrogen) atoms. The van der Waals surface area contributed by atoms with Gasteiger partial charge < -0.3 is 15.0 Å². The second kappa shape index (κ2) is 8.81. The quantitative estimate of drug-likeness (QED) is 0.751. The Hall–Kier alpha value is -1.40. The Balaban J connectivity index is 1.64. The summed E-state index contributed by atoms with van der Waals surface area (Å²) in [6.07, 6.45) is 0. The maximum Gasteiger partial charge on any atom is 0.234 e. The number of ether oxygens (including phenoxy) is 1. The normalized spacial score (nSPS) is 14.4. The summed E-state index contributed by atoms with van der Waals surface area (Å²) in [4.78, 5) is 15.4. The molecule has 1 aliphatic heterocycles. The highest BCUT2D eigenvalue weighted by atomic mass is 35.5. The Morgan fingerprint density at radius 2 is 1.92 bits per heavy atom. The van der Waals surface area contributed by atoms with Gasteiger partial charge in [-0.1, -0.05) is 35.3 Å². The molecule has 0 unspecified atom stereocenters. The standard InChI is InChI=1S/C18H18Cl2N2O2S/c19-13-5-6-14(20)17(11-13)25-12-18(23)21-15-3-1-2-4-16(15)22-7-9-24-10-8-22/h1-6,11H,7-10,12H2,(H,21,23). The average molecular weight is 397 g/mol. The van der Waals surface area contributed by atoms with E-state index in [1.807, 2.05) is 24.3 Å². The number of amides is 1. The van der Waals surface area contributed by atoms with Crippen molar-refractivity contribution in [3.63, 3.8) is 0 Å². The van der Waals surface area contributed by atoms with E-state index in [0.717, 1.165) is 29.4 Å². The number of para-hydroxylation sites is 2. The van der Waals surface area contributed by atoms with Crippen molar-refractivity contribution in [1.82, 2.24) is 0 Å². The fourth-order valence-corrected chi connectivity index (χ4v) is 3.87. The van der Waals surface area contributed by atoms with E-state index in [1.165, 1.54) is 11.8 Å². The molecular weight excluding hydrogens is 379 g/mol. The number of morpholine rings is 1. The Labute approximate surface area is 161 Å². The number of nitrogens with one attached hydrogen (secondary N) is 1. The molecule has 1 amide bonds. The zero-order valence-corrected chi connectivity index (χ0v) is 15.8. The molecule has 0 radical (unpaired) electrons. The number of halogens is 2. The molecule has 0 bridgehead atoms. The van der Waals surface area contributed by atoms with Crippen LogP contribution in [-0.2, 0) is 9.53 Å². The van der Waals surface area contributed by atoms with E-state index < -0.39 is 0 Å². The van der Waals surface area contributed by atoms with E-state index in [0.29, 0.717) is 23.3 Å². The molecule has 1 heterocycles. The molecule has 4 nitrogen and oxygen atoms in total. The molecule has 7 heteroatoms. The summed E-state index contributed by atoms with van der Waals surface area (Å²) in [5, 5.41) is 4.19. The minimum atomic E-state index is -0.0817. The number of nitrogens with zero attached hydrogens (tertiary/aromatic N) is 1. The van der Waals surface area contributed by atoms with Crippen molar-refractivity contribution in [3.05, 3.63) is 52.5 Å². The third kappa shape index (κ3) is 5.05. The number of anilines is 2. The van der Waals surface area contributed by atoms with Crippen molar-refractivity contribution in [2.45, 2.75) is 4.90 Å². The highest BCUT2D eigenvalue weighted by molar-refractivity contribution is 8.00. The molecule has 0 aliphatic carbocycles. The first kappa shape index (κ1) is 18.4. The third-order valence-corrected chi connectivity index (χ3v) is 5.51. The van der Waals surface area contributed by atoms with Crippen LogP contribution in [0.15, 0.2) is 47.4 Å². The van der Waals surface area contributed by atoms with E-state index in [9.17, 15) is 4.79 Å². The number of hydrogen-bond acceptors (Lipinski definition) is 4. The van der Waals surface area contributed by atoms with Gasteiger partial charge in [0.15, 0.2) is 0 Å². The second-order valence-corrected chi connectivity index (χ2v) is 7.39. The largest absolute Gasteiger partial charge is 0.378 e.